The Morgan fingerprint density at radius 1 is 1.40 bits per heavy atom. The molecule has 0 fully saturated rings. The third kappa shape index (κ3) is 2.69. The van der Waals surface area contributed by atoms with E-state index in [1.807, 2.05) is 24.3 Å². The van der Waals surface area contributed by atoms with Crippen LogP contribution in [-0.4, -0.2) is 26.2 Å². The van der Waals surface area contributed by atoms with E-state index in [1.165, 1.54) is 6.33 Å². The highest BCUT2D eigenvalue weighted by Gasteiger charge is 2.05. The first-order chi connectivity index (χ1) is 9.72. The van der Waals surface area contributed by atoms with E-state index in [0.717, 1.165) is 9.13 Å². The van der Waals surface area contributed by atoms with Crippen molar-refractivity contribution in [2.75, 3.05) is 5.43 Å². The number of hydrazone groups is 1. The average Bonchev–Trinajstić information content (AvgIpc) is 2.83. The van der Waals surface area contributed by atoms with Crippen molar-refractivity contribution in [3.05, 3.63) is 50.1 Å². The molecule has 7 nitrogen and oxygen atoms in total. The SMILES string of the molecule is O=c1[nH]cnc2nc(N/N=C/c3cccc(I)c3)[nH]c12. The summed E-state index contributed by atoms with van der Waals surface area (Å²) in [5.41, 5.74) is 4.11. The van der Waals surface area contributed by atoms with E-state index in [0.29, 0.717) is 17.1 Å². The molecule has 3 N–H and O–H groups in total. The highest BCUT2D eigenvalue weighted by molar-refractivity contribution is 14.1. The Morgan fingerprint density at radius 3 is 3.10 bits per heavy atom. The Labute approximate surface area is 126 Å². The quantitative estimate of drug-likeness (QED) is 0.366. The number of hydrogen-bond acceptors (Lipinski definition) is 5. The first-order valence-corrected chi connectivity index (χ1v) is 6.78. The van der Waals surface area contributed by atoms with Crippen molar-refractivity contribution in [3.63, 3.8) is 0 Å². The second-order valence-electron chi connectivity index (χ2n) is 3.94. The minimum atomic E-state index is -0.267. The van der Waals surface area contributed by atoms with Gasteiger partial charge in [0.15, 0.2) is 11.2 Å². The highest BCUT2D eigenvalue weighted by Crippen LogP contribution is 2.08. The Kier molecular flexibility index (Phi) is 3.46. The van der Waals surface area contributed by atoms with Crippen LogP contribution < -0.4 is 11.0 Å². The van der Waals surface area contributed by atoms with Crippen molar-refractivity contribution in [2.45, 2.75) is 0 Å². The minimum absolute atomic E-state index is 0.267. The van der Waals surface area contributed by atoms with Crippen LogP contribution in [0.2, 0.25) is 0 Å². The van der Waals surface area contributed by atoms with Crippen LogP contribution >= 0.6 is 22.6 Å². The predicted octanol–water partition coefficient (Wildman–Crippen LogP) is 1.70. The van der Waals surface area contributed by atoms with E-state index >= 15 is 0 Å². The van der Waals surface area contributed by atoms with E-state index in [2.05, 4.69) is 53.1 Å². The predicted molar refractivity (Wildman–Crippen MR) is 84.9 cm³/mol. The molecule has 0 radical (unpaired) electrons. The monoisotopic (exact) mass is 380 g/mol. The lowest BCUT2D eigenvalue weighted by Crippen LogP contribution is -2.05. The van der Waals surface area contributed by atoms with Crippen LogP contribution in [0.5, 0.6) is 0 Å². The van der Waals surface area contributed by atoms with E-state index in [-0.39, 0.29) is 5.56 Å². The van der Waals surface area contributed by atoms with Crippen molar-refractivity contribution >= 4 is 45.9 Å². The number of H-pyrrole nitrogens is 2. The summed E-state index contributed by atoms with van der Waals surface area (Å²) in [5, 5.41) is 4.07. The summed E-state index contributed by atoms with van der Waals surface area (Å²) >= 11 is 2.23. The van der Waals surface area contributed by atoms with Gasteiger partial charge in [-0.25, -0.2) is 10.4 Å². The molecule has 0 spiro atoms. The molecule has 0 aliphatic rings. The Bertz CT molecular complexity index is 837. The fourth-order valence-electron chi connectivity index (χ4n) is 1.65. The third-order valence-corrected chi connectivity index (χ3v) is 3.20. The van der Waals surface area contributed by atoms with Crippen LogP contribution in [-0.2, 0) is 0 Å². The lowest BCUT2D eigenvalue weighted by molar-refractivity contribution is 1.15. The molecule has 0 bridgehead atoms. The van der Waals surface area contributed by atoms with E-state index < -0.39 is 0 Å². The second kappa shape index (κ2) is 5.41. The zero-order valence-electron chi connectivity index (χ0n) is 10.1. The standard InChI is InChI=1S/C12H9IN6O/c13-8-3-1-2-7(4-8)5-16-19-12-17-9-10(18-12)14-6-15-11(9)20/h1-6H,(H3,14,15,17,18,19,20)/b16-5+. The van der Waals surface area contributed by atoms with Gasteiger partial charge in [-0.15, -0.1) is 0 Å². The maximum atomic E-state index is 11.5. The number of halogens is 1. The number of nitrogens with zero attached hydrogens (tertiary/aromatic N) is 3. The molecule has 3 rings (SSSR count). The van der Waals surface area contributed by atoms with Crippen molar-refractivity contribution in [2.24, 2.45) is 5.10 Å². The number of hydrogen-bond donors (Lipinski definition) is 3. The van der Waals surface area contributed by atoms with Crippen molar-refractivity contribution < 1.29 is 0 Å². The molecule has 1 aromatic carbocycles. The van der Waals surface area contributed by atoms with Gasteiger partial charge >= 0.3 is 0 Å². The lowest BCUT2D eigenvalue weighted by Gasteiger charge is -1.95. The largest absolute Gasteiger partial charge is 0.317 e. The molecular formula is C12H9IN6O. The summed E-state index contributed by atoms with van der Waals surface area (Å²) in [7, 11) is 0. The minimum Gasteiger partial charge on any atom is -0.317 e. The highest BCUT2D eigenvalue weighted by atomic mass is 127. The van der Waals surface area contributed by atoms with E-state index in [4.69, 9.17) is 0 Å². The number of fused-ring (bicyclic) bond motifs is 1. The number of aromatic amines is 2. The molecule has 8 heteroatoms. The van der Waals surface area contributed by atoms with Gasteiger partial charge in [-0.3, -0.25) is 4.79 Å². The normalized spacial score (nSPS) is 11.2. The molecule has 0 aliphatic heterocycles. The molecular weight excluding hydrogens is 371 g/mol. The topological polar surface area (TPSA) is 98.8 Å². The summed E-state index contributed by atoms with van der Waals surface area (Å²) in [4.78, 5) is 24.8. The van der Waals surface area contributed by atoms with Crippen molar-refractivity contribution in [1.82, 2.24) is 19.9 Å². The van der Waals surface area contributed by atoms with Crippen LogP contribution in [0.25, 0.3) is 11.2 Å². The molecule has 0 saturated carbocycles. The third-order valence-electron chi connectivity index (χ3n) is 2.53. The van der Waals surface area contributed by atoms with Gasteiger partial charge in [0.05, 0.1) is 12.5 Å². The molecule has 3 aromatic rings. The Balaban J connectivity index is 1.80. The van der Waals surface area contributed by atoms with Crippen LogP contribution in [0.15, 0.2) is 40.5 Å². The van der Waals surface area contributed by atoms with Crippen LogP contribution in [0.3, 0.4) is 0 Å². The zero-order valence-corrected chi connectivity index (χ0v) is 12.2. The van der Waals surface area contributed by atoms with Gasteiger partial charge in [-0.05, 0) is 40.3 Å². The van der Waals surface area contributed by atoms with E-state index in [1.54, 1.807) is 6.21 Å². The molecule has 0 atom stereocenters. The van der Waals surface area contributed by atoms with Gasteiger partial charge < -0.3 is 9.97 Å². The number of rotatable bonds is 3. The Hall–Kier alpha value is -2.23. The summed E-state index contributed by atoms with van der Waals surface area (Å²) < 4.78 is 1.13. The van der Waals surface area contributed by atoms with E-state index in [9.17, 15) is 4.79 Å². The summed E-state index contributed by atoms with van der Waals surface area (Å²) in [6.45, 7) is 0. The summed E-state index contributed by atoms with van der Waals surface area (Å²) in [5.74, 6) is 0.367. The van der Waals surface area contributed by atoms with Gasteiger partial charge in [0.1, 0.15) is 0 Å². The average molecular weight is 380 g/mol. The number of nitrogens with one attached hydrogen (secondary N) is 3. The van der Waals surface area contributed by atoms with Crippen molar-refractivity contribution in [1.29, 1.82) is 0 Å². The number of imidazole rings is 1. The zero-order chi connectivity index (χ0) is 13.9. The number of aromatic nitrogens is 4. The molecule has 100 valence electrons. The molecule has 2 aromatic heterocycles. The van der Waals surface area contributed by atoms with Crippen LogP contribution in [0.1, 0.15) is 5.56 Å². The smallest absolute Gasteiger partial charge is 0.276 e. The van der Waals surface area contributed by atoms with Gasteiger partial charge in [-0.2, -0.15) is 10.1 Å². The fourth-order valence-corrected chi connectivity index (χ4v) is 2.21. The van der Waals surface area contributed by atoms with Gasteiger partial charge in [0.2, 0.25) is 5.95 Å². The summed E-state index contributed by atoms with van der Waals surface area (Å²) in [6.07, 6.45) is 2.98. The fraction of sp³-hybridized carbons (Fsp3) is 0. The molecule has 0 aliphatic carbocycles. The maximum absolute atomic E-state index is 11.5. The second-order valence-corrected chi connectivity index (χ2v) is 5.19. The Morgan fingerprint density at radius 2 is 2.30 bits per heavy atom. The van der Waals surface area contributed by atoms with Crippen molar-refractivity contribution in [3.8, 4) is 0 Å². The van der Waals surface area contributed by atoms with Gasteiger partial charge in [0, 0.05) is 3.57 Å². The summed E-state index contributed by atoms with van der Waals surface area (Å²) in [6, 6.07) is 7.89. The number of anilines is 1. The van der Waals surface area contributed by atoms with Gasteiger partial charge in [0.25, 0.3) is 5.56 Å². The number of benzene rings is 1. The first kappa shape index (κ1) is 12.8. The first-order valence-electron chi connectivity index (χ1n) is 5.70. The molecule has 0 unspecified atom stereocenters. The lowest BCUT2D eigenvalue weighted by atomic mass is 10.2. The molecule has 20 heavy (non-hydrogen) atoms. The molecule has 2 heterocycles. The molecule has 0 amide bonds. The maximum Gasteiger partial charge on any atom is 0.276 e. The van der Waals surface area contributed by atoms with Gasteiger partial charge in [-0.1, -0.05) is 12.1 Å². The van der Waals surface area contributed by atoms with Crippen LogP contribution in [0, 0.1) is 3.57 Å². The van der Waals surface area contributed by atoms with Crippen LogP contribution in [0.4, 0.5) is 5.95 Å². The molecule has 0 saturated heterocycles.